The van der Waals surface area contributed by atoms with Gasteiger partial charge in [0.25, 0.3) is 0 Å². The van der Waals surface area contributed by atoms with Crippen molar-refractivity contribution in [2.24, 2.45) is 0 Å². The van der Waals surface area contributed by atoms with Crippen molar-refractivity contribution >= 4 is 12.1 Å². The quantitative estimate of drug-likeness (QED) is 0.586. The molecule has 0 saturated heterocycles. The Hall–Kier alpha value is -3.29. The Kier molecular flexibility index (Phi) is 7.46. The Morgan fingerprint density at radius 1 is 1.15 bits per heavy atom. The topological polar surface area (TPSA) is 74.3 Å². The molecule has 0 aliphatic carbocycles. The second-order valence-electron chi connectivity index (χ2n) is 8.69. The zero-order chi connectivity index (χ0) is 24.2. The molecule has 0 fully saturated rings. The lowest BCUT2D eigenvalue weighted by atomic mass is 9.92. The molecule has 0 N–H and O–H groups in total. The SMILES string of the molecule is CCOC(=O)C1Cc2c(ccc(OC)c2OCc2ccccc2F)CN1C(=O)OC(C)(C)C. The maximum absolute atomic E-state index is 14.1. The fourth-order valence-electron chi connectivity index (χ4n) is 3.66. The second kappa shape index (κ2) is 10.1. The average molecular weight is 460 g/mol. The molecule has 1 aliphatic heterocycles. The molecule has 1 aliphatic rings. The van der Waals surface area contributed by atoms with Gasteiger partial charge in [-0.3, -0.25) is 4.90 Å². The smallest absolute Gasteiger partial charge is 0.411 e. The first-order chi connectivity index (χ1) is 15.6. The summed E-state index contributed by atoms with van der Waals surface area (Å²) in [5.41, 5.74) is 1.17. The van der Waals surface area contributed by atoms with E-state index in [1.165, 1.54) is 18.1 Å². The molecule has 7 nitrogen and oxygen atoms in total. The van der Waals surface area contributed by atoms with Gasteiger partial charge in [-0.05, 0) is 45.4 Å². The largest absolute Gasteiger partial charge is 0.493 e. The zero-order valence-electron chi connectivity index (χ0n) is 19.6. The first-order valence-electron chi connectivity index (χ1n) is 10.9. The number of ether oxygens (including phenoxy) is 4. The lowest BCUT2D eigenvalue weighted by Crippen LogP contribution is -2.50. The summed E-state index contributed by atoms with van der Waals surface area (Å²) >= 11 is 0. The van der Waals surface area contributed by atoms with E-state index in [2.05, 4.69) is 0 Å². The summed E-state index contributed by atoms with van der Waals surface area (Å²) < 4.78 is 36.4. The Bertz CT molecular complexity index is 1020. The molecule has 0 spiro atoms. The van der Waals surface area contributed by atoms with Gasteiger partial charge in [-0.15, -0.1) is 0 Å². The van der Waals surface area contributed by atoms with Crippen molar-refractivity contribution in [1.82, 2.24) is 4.90 Å². The molecule has 0 saturated carbocycles. The number of halogens is 1. The zero-order valence-corrected chi connectivity index (χ0v) is 19.6. The van der Waals surface area contributed by atoms with Crippen LogP contribution < -0.4 is 9.47 Å². The molecule has 0 aromatic heterocycles. The van der Waals surface area contributed by atoms with E-state index in [-0.39, 0.29) is 32.0 Å². The van der Waals surface area contributed by atoms with E-state index in [1.54, 1.807) is 52.0 Å². The van der Waals surface area contributed by atoms with Gasteiger partial charge in [-0.2, -0.15) is 0 Å². The monoisotopic (exact) mass is 459 g/mol. The van der Waals surface area contributed by atoms with Crippen LogP contribution in [0.25, 0.3) is 0 Å². The van der Waals surface area contributed by atoms with Gasteiger partial charge in [0.05, 0.1) is 20.3 Å². The van der Waals surface area contributed by atoms with Gasteiger partial charge in [0, 0.05) is 17.5 Å². The van der Waals surface area contributed by atoms with Crippen molar-refractivity contribution in [3.63, 3.8) is 0 Å². The highest BCUT2D eigenvalue weighted by Crippen LogP contribution is 2.39. The summed E-state index contributed by atoms with van der Waals surface area (Å²) in [7, 11) is 1.51. The molecule has 1 unspecified atom stereocenters. The van der Waals surface area contributed by atoms with Crippen LogP contribution >= 0.6 is 0 Å². The molecule has 1 atom stereocenters. The normalized spacial score (nSPS) is 15.5. The highest BCUT2D eigenvalue weighted by atomic mass is 19.1. The third kappa shape index (κ3) is 5.74. The number of hydrogen-bond donors (Lipinski definition) is 0. The fraction of sp³-hybridized carbons (Fsp3) is 0.440. The Labute approximate surface area is 193 Å². The minimum atomic E-state index is -0.893. The fourth-order valence-corrected chi connectivity index (χ4v) is 3.66. The highest BCUT2D eigenvalue weighted by molar-refractivity contribution is 5.83. The van der Waals surface area contributed by atoms with Crippen LogP contribution in [0.2, 0.25) is 0 Å². The number of esters is 1. The van der Waals surface area contributed by atoms with Crippen LogP contribution in [0, 0.1) is 5.82 Å². The summed E-state index contributed by atoms with van der Waals surface area (Å²) in [4.78, 5) is 27.1. The van der Waals surface area contributed by atoms with E-state index in [1.807, 2.05) is 6.07 Å². The Morgan fingerprint density at radius 3 is 2.52 bits per heavy atom. The van der Waals surface area contributed by atoms with Crippen molar-refractivity contribution in [2.75, 3.05) is 13.7 Å². The molecular weight excluding hydrogens is 429 g/mol. The van der Waals surface area contributed by atoms with Gasteiger partial charge in [-0.1, -0.05) is 24.3 Å². The number of methoxy groups -OCH3 is 1. The number of fused-ring (bicyclic) bond motifs is 1. The van der Waals surface area contributed by atoms with Crippen molar-refractivity contribution in [2.45, 2.75) is 58.9 Å². The molecule has 33 heavy (non-hydrogen) atoms. The number of carbonyl (C=O) groups is 2. The van der Waals surface area contributed by atoms with Crippen molar-refractivity contribution in [1.29, 1.82) is 0 Å². The first-order valence-corrected chi connectivity index (χ1v) is 10.9. The van der Waals surface area contributed by atoms with E-state index in [4.69, 9.17) is 18.9 Å². The van der Waals surface area contributed by atoms with Gasteiger partial charge in [0.1, 0.15) is 24.1 Å². The molecular formula is C25H30FNO6. The summed E-state index contributed by atoms with van der Waals surface area (Å²) in [6.07, 6.45) is -0.451. The molecule has 0 radical (unpaired) electrons. The highest BCUT2D eigenvalue weighted by Gasteiger charge is 2.39. The average Bonchev–Trinajstić information content (AvgIpc) is 2.76. The summed E-state index contributed by atoms with van der Waals surface area (Å²) in [5, 5.41) is 0. The molecule has 1 heterocycles. The third-order valence-corrected chi connectivity index (χ3v) is 5.17. The molecule has 8 heteroatoms. The van der Waals surface area contributed by atoms with E-state index < -0.39 is 23.7 Å². The van der Waals surface area contributed by atoms with Crippen LogP contribution in [0.5, 0.6) is 11.5 Å². The van der Waals surface area contributed by atoms with E-state index >= 15 is 0 Å². The molecule has 1 amide bonds. The minimum Gasteiger partial charge on any atom is -0.493 e. The van der Waals surface area contributed by atoms with Crippen LogP contribution in [0.4, 0.5) is 9.18 Å². The number of hydrogen-bond acceptors (Lipinski definition) is 6. The predicted molar refractivity (Wildman–Crippen MR) is 120 cm³/mol. The predicted octanol–water partition coefficient (Wildman–Crippen LogP) is 4.64. The van der Waals surface area contributed by atoms with Gasteiger partial charge in [0.15, 0.2) is 11.5 Å². The van der Waals surface area contributed by atoms with Crippen LogP contribution in [-0.4, -0.2) is 42.3 Å². The lowest BCUT2D eigenvalue weighted by Gasteiger charge is -2.37. The van der Waals surface area contributed by atoms with Crippen molar-refractivity contribution < 1.29 is 32.9 Å². The van der Waals surface area contributed by atoms with Gasteiger partial charge < -0.3 is 18.9 Å². The van der Waals surface area contributed by atoms with Crippen LogP contribution in [0.15, 0.2) is 36.4 Å². The molecule has 2 aromatic rings. The van der Waals surface area contributed by atoms with Gasteiger partial charge >= 0.3 is 12.1 Å². The van der Waals surface area contributed by atoms with Gasteiger partial charge in [0.2, 0.25) is 0 Å². The maximum Gasteiger partial charge on any atom is 0.411 e. The standard InChI is InChI=1S/C25H30FNO6/c1-6-31-23(28)20-13-18-16(14-27(20)24(29)33-25(2,3)4)11-12-21(30-5)22(18)32-15-17-9-7-8-10-19(17)26/h7-12,20H,6,13-15H2,1-5H3. The second-order valence-corrected chi connectivity index (χ2v) is 8.69. The maximum atomic E-state index is 14.1. The number of rotatable bonds is 6. The van der Waals surface area contributed by atoms with E-state index in [9.17, 15) is 14.0 Å². The summed E-state index contributed by atoms with van der Waals surface area (Å²) in [6.45, 7) is 7.30. The third-order valence-electron chi connectivity index (χ3n) is 5.17. The minimum absolute atomic E-state index is 0.0145. The summed E-state index contributed by atoms with van der Waals surface area (Å²) in [6, 6.07) is 9.01. The van der Waals surface area contributed by atoms with Crippen molar-refractivity contribution in [3.05, 3.63) is 58.9 Å². The van der Waals surface area contributed by atoms with Crippen molar-refractivity contribution in [3.8, 4) is 11.5 Å². The number of benzene rings is 2. The first kappa shape index (κ1) is 24.4. The van der Waals surface area contributed by atoms with Crippen LogP contribution in [0.1, 0.15) is 44.4 Å². The number of carbonyl (C=O) groups excluding carboxylic acids is 2. The molecule has 3 rings (SSSR count). The van der Waals surface area contributed by atoms with E-state index in [0.717, 1.165) is 5.56 Å². The van der Waals surface area contributed by atoms with Gasteiger partial charge in [-0.25, -0.2) is 14.0 Å². The molecule has 178 valence electrons. The Balaban J connectivity index is 1.97. The lowest BCUT2D eigenvalue weighted by molar-refractivity contribution is -0.150. The van der Waals surface area contributed by atoms with Crippen LogP contribution in [-0.2, 0) is 33.8 Å². The number of amides is 1. The number of nitrogens with zero attached hydrogens (tertiary/aromatic N) is 1. The summed E-state index contributed by atoms with van der Waals surface area (Å²) in [5.74, 6) is -0.0338. The molecule has 0 bridgehead atoms. The molecule has 2 aromatic carbocycles. The van der Waals surface area contributed by atoms with Crippen LogP contribution in [0.3, 0.4) is 0 Å². The van der Waals surface area contributed by atoms with E-state index in [0.29, 0.717) is 22.6 Å². The Morgan fingerprint density at radius 2 is 1.88 bits per heavy atom.